The number of nitro benzene ring substituents is 1. The second-order valence-electron chi connectivity index (χ2n) is 7.08. The van der Waals surface area contributed by atoms with E-state index in [1.54, 1.807) is 23.9 Å². The first-order valence-electron chi connectivity index (χ1n) is 9.83. The van der Waals surface area contributed by atoms with Crippen molar-refractivity contribution in [2.75, 3.05) is 51.1 Å². The van der Waals surface area contributed by atoms with Crippen LogP contribution in [0.3, 0.4) is 0 Å². The van der Waals surface area contributed by atoms with E-state index in [1.807, 2.05) is 13.3 Å². The molecule has 2 aliphatic rings. The molecular weight excluding hydrogens is 531 g/mol. The Morgan fingerprint density at radius 1 is 1.19 bits per heavy atom. The van der Waals surface area contributed by atoms with E-state index in [-0.39, 0.29) is 29.7 Å². The standard InChI is InChI=1S/C20H24N6O3S.HI/c1-21-20(30-2)25-8-7-16-17(13-25)22-18(14-3-5-15(6-4-14)26(27)28)23-19(16)24-9-11-29-12-10-24;/h3-6H,7-13H2,1-2H3;1H. The van der Waals surface area contributed by atoms with Crippen LogP contribution in [-0.2, 0) is 17.7 Å². The third kappa shape index (κ3) is 5.09. The molecule has 0 radical (unpaired) electrons. The number of anilines is 1. The topological polar surface area (TPSA) is 97.0 Å². The van der Waals surface area contributed by atoms with Crippen LogP contribution >= 0.6 is 35.7 Å². The van der Waals surface area contributed by atoms with E-state index < -0.39 is 4.92 Å². The quantitative estimate of drug-likeness (QED) is 0.187. The van der Waals surface area contributed by atoms with E-state index >= 15 is 0 Å². The lowest BCUT2D eigenvalue weighted by molar-refractivity contribution is -0.384. The number of ether oxygens (including phenoxy) is 1. The second-order valence-corrected chi connectivity index (χ2v) is 7.85. The van der Waals surface area contributed by atoms with E-state index in [1.165, 1.54) is 17.7 Å². The molecule has 31 heavy (non-hydrogen) atoms. The van der Waals surface area contributed by atoms with Crippen molar-refractivity contribution in [3.05, 3.63) is 45.6 Å². The number of benzene rings is 1. The zero-order valence-corrected chi connectivity index (χ0v) is 20.6. The van der Waals surface area contributed by atoms with E-state index in [0.717, 1.165) is 48.3 Å². The molecular formula is C20H25IN6O3S. The molecule has 11 heteroatoms. The van der Waals surface area contributed by atoms with Crippen molar-refractivity contribution in [1.29, 1.82) is 0 Å². The predicted octanol–water partition coefficient (Wildman–Crippen LogP) is 3.21. The number of hydrogen-bond donors (Lipinski definition) is 0. The zero-order valence-electron chi connectivity index (χ0n) is 17.5. The van der Waals surface area contributed by atoms with Crippen LogP contribution in [0.25, 0.3) is 11.4 Å². The number of rotatable bonds is 3. The van der Waals surface area contributed by atoms with Gasteiger partial charge in [-0.2, -0.15) is 0 Å². The molecule has 0 spiro atoms. The van der Waals surface area contributed by atoms with Gasteiger partial charge in [-0.1, -0.05) is 11.8 Å². The van der Waals surface area contributed by atoms with Crippen molar-refractivity contribution in [1.82, 2.24) is 14.9 Å². The Morgan fingerprint density at radius 3 is 2.52 bits per heavy atom. The van der Waals surface area contributed by atoms with Gasteiger partial charge >= 0.3 is 0 Å². The van der Waals surface area contributed by atoms with E-state index in [2.05, 4.69) is 14.8 Å². The normalized spacial score (nSPS) is 16.5. The lowest BCUT2D eigenvalue weighted by Crippen LogP contribution is -2.40. The SMILES string of the molecule is CN=C(SC)N1CCc2c(nc(-c3ccc([N+](=O)[O-])cc3)nc2N2CCOCC2)C1.I. The molecule has 1 aromatic carbocycles. The zero-order chi connectivity index (χ0) is 21.1. The van der Waals surface area contributed by atoms with Crippen LogP contribution in [-0.4, -0.2) is 71.1 Å². The van der Waals surface area contributed by atoms with Crippen molar-refractivity contribution < 1.29 is 9.66 Å². The number of morpholine rings is 1. The van der Waals surface area contributed by atoms with Gasteiger partial charge in [0.15, 0.2) is 11.0 Å². The molecule has 1 fully saturated rings. The molecule has 9 nitrogen and oxygen atoms in total. The third-order valence-corrected chi connectivity index (χ3v) is 6.14. The maximum Gasteiger partial charge on any atom is 0.269 e. The monoisotopic (exact) mass is 556 g/mol. The van der Waals surface area contributed by atoms with Gasteiger partial charge in [-0.25, -0.2) is 9.97 Å². The Bertz CT molecular complexity index is 966. The Kier molecular flexibility index (Phi) is 8.06. The minimum absolute atomic E-state index is 0. The smallest absolute Gasteiger partial charge is 0.269 e. The molecule has 0 bridgehead atoms. The first-order valence-corrected chi connectivity index (χ1v) is 11.1. The average Bonchev–Trinajstić information content (AvgIpc) is 2.79. The first-order chi connectivity index (χ1) is 14.6. The van der Waals surface area contributed by atoms with Crippen LogP contribution in [0.4, 0.5) is 11.5 Å². The predicted molar refractivity (Wildman–Crippen MR) is 134 cm³/mol. The summed E-state index contributed by atoms with van der Waals surface area (Å²) in [7, 11) is 1.81. The van der Waals surface area contributed by atoms with Crippen molar-refractivity contribution in [3.63, 3.8) is 0 Å². The van der Waals surface area contributed by atoms with Crippen molar-refractivity contribution >= 4 is 52.4 Å². The fourth-order valence-corrected chi connectivity index (χ4v) is 4.43. The van der Waals surface area contributed by atoms with Crippen LogP contribution in [0.5, 0.6) is 0 Å². The summed E-state index contributed by atoms with van der Waals surface area (Å²) >= 11 is 1.63. The summed E-state index contributed by atoms with van der Waals surface area (Å²) in [6.45, 7) is 4.48. The molecule has 0 unspecified atom stereocenters. The van der Waals surface area contributed by atoms with Gasteiger partial charge < -0.3 is 14.5 Å². The number of nitrogens with zero attached hydrogens (tertiary/aromatic N) is 6. The van der Waals surface area contributed by atoms with E-state index in [9.17, 15) is 10.1 Å². The lowest BCUT2D eigenvalue weighted by Gasteiger charge is -2.35. The molecule has 2 aromatic rings. The van der Waals surface area contributed by atoms with Crippen LogP contribution in [0.2, 0.25) is 0 Å². The number of amidine groups is 1. The summed E-state index contributed by atoms with van der Waals surface area (Å²) in [5, 5.41) is 12.0. The lowest BCUT2D eigenvalue weighted by atomic mass is 10.0. The average molecular weight is 556 g/mol. The van der Waals surface area contributed by atoms with Gasteiger partial charge in [-0.3, -0.25) is 15.1 Å². The van der Waals surface area contributed by atoms with Gasteiger partial charge in [0.25, 0.3) is 5.69 Å². The maximum atomic E-state index is 11.0. The maximum absolute atomic E-state index is 11.0. The fraction of sp³-hybridized carbons (Fsp3) is 0.450. The number of halogens is 1. The van der Waals surface area contributed by atoms with E-state index in [0.29, 0.717) is 25.6 Å². The highest BCUT2D eigenvalue weighted by Crippen LogP contribution is 2.31. The van der Waals surface area contributed by atoms with Crippen molar-refractivity contribution in [2.45, 2.75) is 13.0 Å². The van der Waals surface area contributed by atoms with Crippen LogP contribution in [0.1, 0.15) is 11.3 Å². The number of hydrogen-bond acceptors (Lipinski definition) is 8. The summed E-state index contributed by atoms with van der Waals surface area (Å²) in [6.07, 6.45) is 2.88. The minimum Gasteiger partial charge on any atom is -0.378 e. The number of non-ortho nitro benzene ring substituents is 1. The first kappa shape index (κ1) is 23.7. The Balaban J connectivity index is 0.00000272. The Morgan fingerprint density at radius 2 is 1.90 bits per heavy atom. The third-order valence-electron chi connectivity index (χ3n) is 5.33. The number of aromatic nitrogens is 2. The largest absolute Gasteiger partial charge is 0.378 e. The molecule has 2 aliphatic heterocycles. The molecule has 166 valence electrons. The highest BCUT2D eigenvalue weighted by Gasteiger charge is 2.27. The number of fused-ring (bicyclic) bond motifs is 1. The van der Waals surface area contributed by atoms with Gasteiger partial charge in [0.05, 0.1) is 30.4 Å². The summed E-state index contributed by atoms with van der Waals surface area (Å²) in [6, 6.07) is 6.41. The molecule has 0 aliphatic carbocycles. The summed E-state index contributed by atoms with van der Waals surface area (Å²) in [4.78, 5) is 29.3. The van der Waals surface area contributed by atoms with Gasteiger partial charge in [-0.05, 0) is 24.8 Å². The minimum atomic E-state index is -0.400. The summed E-state index contributed by atoms with van der Waals surface area (Å²) in [5.74, 6) is 1.54. The number of nitro groups is 1. The molecule has 1 aromatic heterocycles. The summed E-state index contributed by atoms with van der Waals surface area (Å²) < 4.78 is 5.52. The van der Waals surface area contributed by atoms with Crippen LogP contribution in [0, 0.1) is 10.1 Å². The highest BCUT2D eigenvalue weighted by molar-refractivity contribution is 14.0. The Hall–Kier alpha value is -1.99. The number of aliphatic imine (C=N–C) groups is 1. The summed E-state index contributed by atoms with van der Waals surface area (Å²) in [5.41, 5.74) is 2.99. The van der Waals surface area contributed by atoms with Gasteiger partial charge in [0.2, 0.25) is 0 Å². The number of thioether (sulfide) groups is 1. The molecule has 0 N–H and O–H groups in total. The van der Waals surface area contributed by atoms with E-state index in [4.69, 9.17) is 14.7 Å². The molecule has 0 saturated carbocycles. The molecule has 4 rings (SSSR count). The van der Waals surface area contributed by atoms with Gasteiger partial charge in [0.1, 0.15) is 5.82 Å². The van der Waals surface area contributed by atoms with Gasteiger partial charge in [-0.15, -0.1) is 24.0 Å². The van der Waals surface area contributed by atoms with Gasteiger partial charge in [0, 0.05) is 49.9 Å². The molecule has 1 saturated heterocycles. The second kappa shape index (κ2) is 10.6. The highest BCUT2D eigenvalue weighted by atomic mass is 127. The molecule has 0 amide bonds. The molecule has 3 heterocycles. The Labute approximate surface area is 202 Å². The fourth-order valence-electron chi connectivity index (χ4n) is 3.83. The van der Waals surface area contributed by atoms with Crippen molar-refractivity contribution in [2.24, 2.45) is 4.99 Å². The van der Waals surface area contributed by atoms with Crippen molar-refractivity contribution in [3.8, 4) is 11.4 Å². The van der Waals surface area contributed by atoms with Crippen LogP contribution in [0.15, 0.2) is 29.3 Å². The van der Waals surface area contributed by atoms with Crippen LogP contribution < -0.4 is 4.90 Å². The molecule has 0 atom stereocenters.